The third-order valence-electron chi connectivity index (χ3n) is 3.00. The van der Waals surface area contributed by atoms with Crippen molar-refractivity contribution in [1.82, 2.24) is 4.98 Å². The highest BCUT2D eigenvalue weighted by Gasteiger charge is 2.10. The van der Waals surface area contributed by atoms with Crippen LogP contribution in [0.5, 0.6) is 11.6 Å². The molecule has 0 unspecified atom stereocenters. The molecular weight excluding hydrogens is 373 g/mol. The molecule has 0 aliphatic rings. The van der Waals surface area contributed by atoms with Crippen LogP contribution in [0.4, 0.5) is 0 Å². The SMILES string of the molecule is ClCc1cc2ccccc2c(Oc2cc(Br)ccc2Cl)n1. The molecule has 0 saturated carbocycles. The van der Waals surface area contributed by atoms with E-state index < -0.39 is 0 Å². The number of aromatic nitrogens is 1. The van der Waals surface area contributed by atoms with Crippen LogP contribution in [-0.4, -0.2) is 4.98 Å². The Hall–Kier alpha value is -1.29. The van der Waals surface area contributed by atoms with E-state index in [1.54, 1.807) is 6.07 Å². The summed E-state index contributed by atoms with van der Waals surface area (Å²) < 4.78 is 6.80. The van der Waals surface area contributed by atoms with Gasteiger partial charge in [-0.25, -0.2) is 4.98 Å². The first-order valence-corrected chi connectivity index (χ1v) is 7.95. The number of fused-ring (bicyclic) bond motifs is 1. The van der Waals surface area contributed by atoms with Crippen molar-refractivity contribution in [3.05, 3.63) is 63.7 Å². The van der Waals surface area contributed by atoms with Crippen LogP contribution in [0.2, 0.25) is 5.02 Å². The predicted octanol–water partition coefficient (Wildman–Crippen LogP) is 6.18. The van der Waals surface area contributed by atoms with Gasteiger partial charge in [0.1, 0.15) is 5.75 Å². The first-order chi connectivity index (χ1) is 10.2. The quantitative estimate of drug-likeness (QED) is 0.504. The molecule has 0 aliphatic heterocycles. The van der Waals surface area contributed by atoms with Gasteiger partial charge in [0.2, 0.25) is 5.88 Å². The fraction of sp³-hybridized carbons (Fsp3) is 0.0625. The molecular formula is C16H10BrCl2NO. The molecule has 0 atom stereocenters. The lowest BCUT2D eigenvalue weighted by atomic mass is 10.1. The summed E-state index contributed by atoms with van der Waals surface area (Å²) in [6.07, 6.45) is 0. The molecule has 3 aromatic rings. The second-order valence-electron chi connectivity index (χ2n) is 4.45. The number of pyridine rings is 1. The minimum absolute atomic E-state index is 0.327. The van der Waals surface area contributed by atoms with E-state index >= 15 is 0 Å². The fourth-order valence-electron chi connectivity index (χ4n) is 2.03. The number of hydrogen-bond donors (Lipinski definition) is 0. The van der Waals surface area contributed by atoms with Crippen LogP contribution in [0.25, 0.3) is 10.8 Å². The molecule has 2 aromatic carbocycles. The van der Waals surface area contributed by atoms with E-state index in [4.69, 9.17) is 27.9 Å². The molecule has 3 rings (SSSR count). The van der Waals surface area contributed by atoms with Crippen LogP contribution < -0.4 is 4.74 Å². The van der Waals surface area contributed by atoms with E-state index in [1.165, 1.54) is 0 Å². The summed E-state index contributed by atoms with van der Waals surface area (Å²) in [5, 5.41) is 2.48. The average Bonchev–Trinajstić information content (AvgIpc) is 2.50. The van der Waals surface area contributed by atoms with Crippen LogP contribution in [0.1, 0.15) is 5.69 Å². The number of hydrogen-bond acceptors (Lipinski definition) is 2. The minimum atomic E-state index is 0.327. The molecule has 0 saturated heterocycles. The maximum absolute atomic E-state index is 6.17. The molecule has 21 heavy (non-hydrogen) atoms. The maximum atomic E-state index is 6.17. The molecule has 0 amide bonds. The van der Waals surface area contributed by atoms with Crippen molar-refractivity contribution in [3.63, 3.8) is 0 Å². The Morgan fingerprint density at radius 3 is 2.71 bits per heavy atom. The van der Waals surface area contributed by atoms with Crippen LogP contribution in [0.15, 0.2) is 53.0 Å². The van der Waals surface area contributed by atoms with Gasteiger partial charge in [-0.1, -0.05) is 45.7 Å². The molecule has 106 valence electrons. The molecule has 0 radical (unpaired) electrons. The standard InChI is InChI=1S/C16H10BrCl2NO/c17-11-5-6-14(19)15(8-11)21-16-13-4-2-1-3-10(13)7-12(9-18)20-16/h1-8H,9H2. The number of nitrogens with zero attached hydrogens (tertiary/aromatic N) is 1. The van der Waals surface area contributed by atoms with Crippen LogP contribution in [-0.2, 0) is 5.88 Å². The number of halogens is 3. The maximum Gasteiger partial charge on any atom is 0.227 e. The Morgan fingerprint density at radius 1 is 1.10 bits per heavy atom. The molecule has 0 aliphatic carbocycles. The highest BCUT2D eigenvalue weighted by atomic mass is 79.9. The van der Waals surface area contributed by atoms with E-state index in [0.717, 1.165) is 20.9 Å². The highest BCUT2D eigenvalue weighted by Crippen LogP contribution is 2.34. The van der Waals surface area contributed by atoms with Crippen LogP contribution in [0, 0.1) is 0 Å². The van der Waals surface area contributed by atoms with Gasteiger partial charge >= 0.3 is 0 Å². The third kappa shape index (κ3) is 3.15. The van der Waals surface area contributed by atoms with Gasteiger partial charge in [0, 0.05) is 9.86 Å². The normalized spacial score (nSPS) is 10.8. The largest absolute Gasteiger partial charge is 0.437 e. The lowest BCUT2D eigenvalue weighted by Gasteiger charge is -2.11. The monoisotopic (exact) mass is 381 g/mol. The van der Waals surface area contributed by atoms with E-state index in [1.807, 2.05) is 42.5 Å². The Balaban J connectivity index is 2.13. The van der Waals surface area contributed by atoms with Crippen molar-refractivity contribution in [1.29, 1.82) is 0 Å². The lowest BCUT2D eigenvalue weighted by Crippen LogP contribution is -1.94. The zero-order valence-electron chi connectivity index (χ0n) is 10.8. The lowest BCUT2D eigenvalue weighted by molar-refractivity contribution is 0.468. The molecule has 1 aromatic heterocycles. The molecule has 0 bridgehead atoms. The van der Waals surface area contributed by atoms with Gasteiger partial charge in [0.25, 0.3) is 0 Å². The molecule has 1 heterocycles. The fourth-order valence-corrected chi connectivity index (χ4v) is 2.66. The van der Waals surface area contributed by atoms with Crippen molar-refractivity contribution in [2.45, 2.75) is 5.88 Å². The molecule has 0 N–H and O–H groups in total. The number of ether oxygens (including phenoxy) is 1. The van der Waals surface area contributed by atoms with E-state index in [-0.39, 0.29) is 0 Å². The molecule has 5 heteroatoms. The molecule has 0 spiro atoms. The zero-order chi connectivity index (χ0) is 14.8. The number of benzene rings is 2. The summed E-state index contributed by atoms with van der Waals surface area (Å²) >= 11 is 15.5. The van der Waals surface area contributed by atoms with Gasteiger partial charge in [-0.15, -0.1) is 11.6 Å². The smallest absolute Gasteiger partial charge is 0.227 e. The number of alkyl halides is 1. The molecule has 0 fully saturated rings. The van der Waals surface area contributed by atoms with Gasteiger partial charge in [-0.05, 0) is 35.7 Å². The minimum Gasteiger partial charge on any atom is -0.437 e. The Kier molecular flexibility index (Phi) is 4.34. The van der Waals surface area contributed by atoms with Crippen molar-refractivity contribution in [2.24, 2.45) is 0 Å². The average molecular weight is 383 g/mol. The Labute approximate surface area is 140 Å². The van der Waals surface area contributed by atoms with E-state index in [2.05, 4.69) is 20.9 Å². The van der Waals surface area contributed by atoms with Crippen molar-refractivity contribution in [3.8, 4) is 11.6 Å². The summed E-state index contributed by atoms with van der Waals surface area (Å²) in [6.45, 7) is 0. The van der Waals surface area contributed by atoms with Crippen molar-refractivity contribution in [2.75, 3.05) is 0 Å². The predicted molar refractivity (Wildman–Crippen MR) is 90.5 cm³/mol. The van der Waals surface area contributed by atoms with E-state index in [0.29, 0.717) is 22.5 Å². The summed E-state index contributed by atoms with van der Waals surface area (Å²) in [5.74, 6) is 1.38. The van der Waals surface area contributed by atoms with Crippen molar-refractivity contribution >= 4 is 49.9 Å². The highest BCUT2D eigenvalue weighted by molar-refractivity contribution is 9.10. The summed E-state index contributed by atoms with van der Waals surface area (Å²) in [5.41, 5.74) is 0.761. The second kappa shape index (κ2) is 6.22. The molecule has 2 nitrogen and oxygen atoms in total. The topological polar surface area (TPSA) is 22.1 Å². The summed E-state index contributed by atoms with van der Waals surface area (Å²) in [6, 6.07) is 15.3. The van der Waals surface area contributed by atoms with Crippen LogP contribution in [0.3, 0.4) is 0 Å². The third-order valence-corrected chi connectivity index (χ3v) is 4.07. The van der Waals surface area contributed by atoms with E-state index in [9.17, 15) is 0 Å². The zero-order valence-corrected chi connectivity index (χ0v) is 13.9. The van der Waals surface area contributed by atoms with Gasteiger partial charge in [0.15, 0.2) is 0 Å². The van der Waals surface area contributed by atoms with Crippen molar-refractivity contribution < 1.29 is 4.74 Å². The van der Waals surface area contributed by atoms with Gasteiger partial charge in [-0.2, -0.15) is 0 Å². The van der Waals surface area contributed by atoms with Crippen LogP contribution >= 0.6 is 39.1 Å². The van der Waals surface area contributed by atoms with Gasteiger partial charge < -0.3 is 4.74 Å². The first-order valence-electron chi connectivity index (χ1n) is 6.25. The second-order valence-corrected chi connectivity index (χ2v) is 6.04. The Bertz CT molecular complexity index is 807. The first kappa shape index (κ1) is 14.6. The van der Waals surface area contributed by atoms with Gasteiger partial charge in [0.05, 0.1) is 16.6 Å². The Morgan fingerprint density at radius 2 is 1.90 bits per heavy atom. The summed E-state index contributed by atoms with van der Waals surface area (Å²) in [7, 11) is 0. The van der Waals surface area contributed by atoms with Gasteiger partial charge in [-0.3, -0.25) is 0 Å². The summed E-state index contributed by atoms with van der Waals surface area (Å²) in [4.78, 5) is 4.46. The number of rotatable bonds is 3.